The third-order valence-corrected chi connectivity index (χ3v) is 6.03. The molecule has 0 aliphatic carbocycles. The molecule has 2 heterocycles. The van der Waals surface area contributed by atoms with E-state index < -0.39 is 11.7 Å². The first-order valence-electron chi connectivity index (χ1n) is 10.3. The molecule has 0 atom stereocenters. The highest BCUT2D eigenvalue weighted by Gasteiger charge is 2.26. The molecule has 4 rings (SSSR count). The molecular formula is C25H21Cl2N3O4. The molecule has 0 saturated heterocycles. The Morgan fingerprint density at radius 3 is 2.44 bits per heavy atom. The molecule has 2 aromatic carbocycles. The van der Waals surface area contributed by atoms with Gasteiger partial charge < -0.3 is 19.4 Å². The number of halogens is 2. The van der Waals surface area contributed by atoms with Crippen molar-refractivity contribution >= 4 is 51.5 Å². The van der Waals surface area contributed by atoms with Gasteiger partial charge in [-0.3, -0.25) is 9.59 Å². The quantitative estimate of drug-likeness (QED) is 0.267. The third kappa shape index (κ3) is 4.58. The van der Waals surface area contributed by atoms with Gasteiger partial charge in [-0.25, -0.2) is 4.98 Å². The number of benzene rings is 2. The number of nitrogens with zero attached hydrogens (tertiary/aromatic N) is 2. The van der Waals surface area contributed by atoms with Crippen molar-refractivity contribution in [1.29, 1.82) is 0 Å². The second-order valence-corrected chi connectivity index (χ2v) is 8.39. The lowest BCUT2D eigenvalue weighted by atomic mass is 10.1. The van der Waals surface area contributed by atoms with Crippen molar-refractivity contribution < 1.29 is 19.1 Å². The predicted octanol–water partition coefficient (Wildman–Crippen LogP) is 5.54. The van der Waals surface area contributed by atoms with Gasteiger partial charge in [0.25, 0.3) is 11.7 Å². The van der Waals surface area contributed by atoms with Gasteiger partial charge in [-0.2, -0.15) is 0 Å². The molecule has 2 aromatic heterocycles. The molecule has 1 N–H and O–H groups in total. The number of hydrogen-bond acceptors (Lipinski definition) is 5. The lowest BCUT2D eigenvalue weighted by Crippen LogP contribution is -2.23. The number of hydrogen-bond donors (Lipinski definition) is 1. The fraction of sp³-hybridized carbons (Fsp3) is 0.160. The number of anilines is 1. The van der Waals surface area contributed by atoms with E-state index in [1.807, 2.05) is 16.7 Å². The number of carbonyl (C=O) groups excluding carboxylic acids is 2. The molecule has 34 heavy (non-hydrogen) atoms. The fourth-order valence-electron chi connectivity index (χ4n) is 3.80. The first-order chi connectivity index (χ1) is 16.3. The number of Topliss-reactive ketones (excluding diaryl/α,β-unsaturated/α-hetero) is 1. The van der Waals surface area contributed by atoms with Crippen LogP contribution in [0.1, 0.15) is 21.6 Å². The van der Waals surface area contributed by atoms with E-state index >= 15 is 0 Å². The standard InChI is InChI=1S/C25H21Cl2N3O4/c1-14-23(24(31)25(32)29-17-8-9-28-22(10-17)34-3)18-11-19(27)21(33-2)12-20(18)30(14)13-15-4-6-16(26)7-5-15/h4-12H,13H2,1-3H3,(H,28,29,32). The summed E-state index contributed by atoms with van der Waals surface area (Å²) in [7, 11) is 2.99. The fourth-order valence-corrected chi connectivity index (χ4v) is 4.16. The summed E-state index contributed by atoms with van der Waals surface area (Å²) in [6, 6.07) is 13.9. The van der Waals surface area contributed by atoms with E-state index in [1.54, 1.807) is 37.3 Å². The molecule has 0 aliphatic rings. The molecule has 0 aliphatic heterocycles. The zero-order chi connectivity index (χ0) is 24.4. The summed E-state index contributed by atoms with van der Waals surface area (Å²) >= 11 is 12.4. The van der Waals surface area contributed by atoms with Crippen molar-refractivity contribution in [2.24, 2.45) is 0 Å². The topological polar surface area (TPSA) is 82.5 Å². The Kier molecular flexibility index (Phi) is 6.77. The number of ether oxygens (including phenoxy) is 2. The van der Waals surface area contributed by atoms with E-state index in [1.165, 1.54) is 26.5 Å². The van der Waals surface area contributed by atoms with Crippen LogP contribution in [0.3, 0.4) is 0 Å². The molecule has 9 heteroatoms. The van der Waals surface area contributed by atoms with Crippen LogP contribution >= 0.6 is 23.2 Å². The van der Waals surface area contributed by atoms with Gasteiger partial charge in [-0.15, -0.1) is 0 Å². The van der Waals surface area contributed by atoms with E-state index in [-0.39, 0.29) is 5.56 Å². The lowest BCUT2D eigenvalue weighted by Gasteiger charge is -2.10. The van der Waals surface area contributed by atoms with Crippen molar-refractivity contribution in [2.45, 2.75) is 13.5 Å². The summed E-state index contributed by atoms with van der Waals surface area (Å²) in [6.07, 6.45) is 1.48. The highest BCUT2D eigenvalue weighted by molar-refractivity contribution is 6.49. The van der Waals surface area contributed by atoms with Gasteiger partial charge >= 0.3 is 0 Å². The summed E-state index contributed by atoms with van der Waals surface area (Å²) in [5.74, 6) is -0.681. The van der Waals surface area contributed by atoms with Crippen LogP contribution in [0.2, 0.25) is 10.0 Å². The SMILES string of the molecule is COc1cc(NC(=O)C(=O)c2c(C)n(Cc3ccc(Cl)cc3)c3cc(OC)c(Cl)cc23)ccn1. The van der Waals surface area contributed by atoms with E-state index in [0.29, 0.717) is 45.0 Å². The molecule has 174 valence electrons. The summed E-state index contributed by atoms with van der Waals surface area (Å²) < 4.78 is 12.4. The largest absolute Gasteiger partial charge is 0.495 e. The maximum atomic E-state index is 13.4. The minimum atomic E-state index is -0.783. The van der Waals surface area contributed by atoms with Gasteiger partial charge in [-0.05, 0) is 36.8 Å². The van der Waals surface area contributed by atoms with Gasteiger partial charge in [0.2, 0.25) is 5.88 Å². The van der Waals surface area contributed by atoms with Crippen LogP contribution in [0.5, 0.6) is 11.6 Å². The molecule has 0 bridgehead atoms. The number of amides is 1. The number of pyridine rings is 1. The van der Waals surface area contributed by atoms with Gasteiger partial charge in [0.15, 0.2) is 0 Å². The van der Waals surface area contributed by atoms with Crippen LogP contribution in [-0.2, 0) is 11.3 Å². The second-order valence-electron chi connectivity index (χ2n) is 7.55. The van der Waals surface area contributed by atoms with Crippen molar-refractivity contribution in [3.63, 3.8) is 0 Å². The molecule has 7 nitrogen and oxygen atoms in total. The van der Waals surface area contributed by atoms with Gasteiger partial charge in [0, 0.05) is 46.7 Å². The summed E-state index contributed by atoms with van der Waals surface area (Å²) in [4.78, 5) is 30.3. The molecule has 0 unspecified atom stereocenters. The Hall–Kier alpha value is -3.55. The lowest BCUT2D eigenvalue weighted by molar-refractivity contribution is -0.112. The van der Waals surface area contributed by atoms with Crippen LogP contribution in [0.25, 0.3) is 10.9 Å². The number of rotatable bonds is 7. The second kappa shape index (κ2) is 9.75. The predicted molar refractivity (Wildman–Crippen MR) is 133 cm³/mol. The molecule has 1 amide bonds. The van der Waals surface area contributed by atoms with Crippen LogP contribution in [0.4, 0.5) is 5.69 Å². The number of nitrogens with one attached hydrogen (secondary N) is 1. The number of aromatic nitrogens is 2. The minimum Gasteiger partial charge on any atom is -0.495 e. The molecule has 4 aromatic rings. The summed E-state index contributed by atoms with van der Waals surface area (Å²) in [6.45, 7) is 2.26. The Labute approximate surface area is 206 Å². The molecule has 0 saturated carbocycles. The Morgan fingerprint density at radius 2 is 1.76 bits per heavy atom. The zero-order valence-corrected chi connectivity index (χ0v) is 20.2. The van der Waals surface area contributed by atoms with Crippen LogP contribution in [-0.4, -0.2) is 35.5 Å². The van der Waals surface area contributed by atoms with E-state index in [0.717, 1.165) is 11.1 Å². The highest BCUT2D eigenvalue weighted by Crippen LogP contribution is 2.35. The van der Waals surface area contributed by atoms with Gasteiger partial charge in [0.1, 0.15) is 5.75 Å². The Balaban J connectivity index is 1.78. The maximum Gasteiger partial charge on any atom is 0.296 e. The molecule has 0 fully saturated rings. The Bertz CT molecular complexity index is 1400. The van der Waals surface area contributed by atoms with Crippen molar-refractivity contribution in [3.05, 3.63) is 81.6 Å². The first-order valence-corrected chi connectivity index (χ1v) is 11.0. The molecule has 0 spiro atoms. The number of methoxy groups -OCH3 is 2. The summed E-state index contributed by atoms with van der Waals surface area (Å²) in [5, 5.41) is 4.15. The molecule has 0 radical (unpaired) electrons. The summed E-state index contributed by atoms with van der Waals surface area (Å²) in [5.41, 5.74) is 2.99. The van der Waals surface area contributed by atoms with E-state index in [4.69, 9.17) is 32.7 Å². The minimum absolute atomic E-state index is 0.270. The Morgan fingerprint density at radius 1 is 1.03 bits per heavy atom. The molecular weight excluding hydrogens is 477 g/mol. The van der Waals surface area contributed by atoms with E-state index in [9.17, 15) is 9.59 Å². The highest BCUT2D eigenvalue weighted by atomic mass is 35.5. The van der Waals surface area contributed by atoms with Gasteiger partial charge in [0.05, 0.1) is 30.3 Å². The van der Waals surface area contributed by atoms with Crippen molar-refractivity contribution in [1.82, 2.24) is 9.55 Å². The monoisotopic (exact) mass is 497 g/mol. The number of fused-ring (bicyclic) bond motifs is 1. The van der Waals surface area contributed by atoms with Crippen LogP contribution in [0.15, 0.2) is 54.7 Å². The van der Waals surface area contributed by atoms with Crippen LogP contribution < -0.4 is 14.8 Å². The maximum absolute atomic E-state index is 13.4. The van der Waals surface area contributed by atoms with Crippen molar-refractivity contribution in [3.8, 4) is 11.6 Å². The first kappa shape index (κ1) is 23.6. The van der Waals surface area contributed by atoms with E-state index in [2.05, 4.69) is 10.3 Å². The smallest absolute Gasteiger partial charge is 0.296 e. The normalized spacial score (nSPS) is 10.9. The average Bonchev–Trinajstić information content (AvgIpc) is 3.09. The average molecular weight is 498 g/mol. The number of ketones is 1. The van der Waals surface area contributed by atoms with Crippen molar-refractivity contribution in [2.75, 3.05) is 19.5 Å². The zero-order valence-electron chi connectivity index (χ0n) is 18.7. The number of carbonyl (C=O) groups is 2. The van der Waals surface area contributed by atoms with Gasteiger partial charge in [-0.1, -0.05) is 35.3 Å². The van der Waals surface area contributed by atoms with Crippen LogP contribution in [0, 0.1) is 6.92 Å². The third-order valence-electron chi connectivity index (χ3n) is 5.49.